The highest BCUT2D eigenvalue weighted by Gasteiger charge is 2.49. The van der Waals surface area contributed by atoms with Crippen molar-refractivity contribution in [1.82, 2.24) is 0 Å². The van der Waals surface area contributed by atoms with E-state index in [9.17, 15) is 4.79 Å². The number of halogens is 4. The second-order valence-corrected chi connectivity index (χ2v) is 13.8. The zero-order valence-electron chi connectivity index (χ0n) is 26.0. The van der Waals surface area contributed by atoms with Crippen molar-refractivity contribution in [2.24, 2.45) is 0 Å². The number of carbonyl (C=O) groups is 2. The Balaban J connectivity index is 1.57. The van der Waals surface area contributed by atoms with Crippen LogP contribution >= 0.6 is 46.4 Å². The molecule has 0 amide bonds. The van der Waals surface area contributed by atoms with Crippen LogP contribution in [-0.2, 0) is 5.41 Å². The van der Waals surface area contributed by atoms with Gasteiger partial charge in [-0.3, -0.25) is 9.59 Å². The summed E-state index contributed by atoms with van der Waals surface area (Å²) in [5, 5.41) is 1.93. The topological polar surface area (TPSA) is 34.1 Å². The van der Waals surface area contributed by atoms with Crippen LogP contribution < -0.4 is 0 Å². The van der Waals surface area contributed by atoms with Crippen LogP contribution in [0.3, 0.4) is 0 Å². The van der Waals surface area contributed by atoms with E-state index < -0.39 is 11.2 Å². The molecule has 2 aliphatic rings. The van der Waals surface area contributed by atoms with Gasteiger partial charge in [0.05, 0.1) is 5.57 Å². The maximum absolute atomic E-state index is 15.2. The third-order valence-corrected chi connectivity index (χ3v) is 10.1. The predicted molar refractivity (Wildman–Crippen MR) is 203 cm³/mol. The summed E-state index contributed by atoms with van der Waals surface area (Å²) in [6, 6.07) is 40.1. The molecule has 238 valence electrons. The fraction of sp³-hybridized carbons (Fsp3) is 0.0227. The number of hydrogen-bond acceptors (Lipinski definition) is 2. The molecule has 0 N–H and O–H groups in total. The van der Waals surface area contributed by atoms with Crippen molar-refractivity contribution in [3.63, 3.8) is 0 Å². The summed E-state index contributed by atoms with van der Waals surface area (Å²) >= 11 is 26.7. The first-order valence-corrected chi connectivity index (χ1v) is 17.2. The van der Waals surface area contributed by atoms with Crippen LogP contribution in [0.2, 0.25) is 20.1 Å². The summed E-state index contributed by atoms with van der Waals surface area (Å²) in [6.07, 6.45) is 0. The van der Waals surface area contributed by atoms with E-state index in [1.807, 2.05) is 60.7 Å². The SMILES string of the molecule is O=C(C#CC1(C(=C=C2c3cc(Cl)ccc3-c3ccc(Cl)cc32)C(=O)c2ccccc2)c2cc(Cl)ccc2-c2ccc(Cl)cc21)c1ccccc1. The van der Waals surface area contributed by atoms with Gasteiger partial charge < -0.3 is 0 Å². The Labute approximate surface area is 309 Å². The van der Waals surface area contributed by atoms with Crippen LogP contribution in [0.25, 0.3) is 27.8 Å². The Morgan fingerprint density at radius 1 is 0.480 bits per heavy atom. The minimum absolute atomic E-state index is 0.190. The van der Waals surface area contributed by atoms with Gasteiger partial charge in [-0.25, -0.2) is 0 Å². The molecule has 0 atom stereocenters. The molecule has 2 aliphatic carbocycles. The highest BCUT2D eigenvalue weighted by molar-refractivity contribution is 6.32. The van der Waals surface area contributed by atoms with E-state index in [2.05, 4.69) is 17.6 Å². The van der Waals surface area contributed by atoms with E-state index >= 15 is 4.79 Å². The molecule has 6 aromatic carbocycles. The number of Topliss-reactive ketones (excluding diaryl/α,β-unsaturated/α-hetero) is 2. The molecule has 2 nitrogen and oxygen atoms in total. The minimum atomic E-state index is -1.54. The number of carbonyl (C=O) groups excluding carboxylic acids is 2. The molecule has 6 aromatic rings. The number of hydrogen-bond donors (Lipinski definition) is 0. The molecule has 0 saturated heterocycles. The third-order valence-electron chi connectivity index (χ3n) is 9.14. The van der Waals surface area contributed by atoms with E-state index in [1.54, 1.807) is 72.8 Å². The molecule has 0 bridgehead atoms. The van der Waals surface area contributed by atoms with Crippen molar-refractivity contribution in [2.75, 3.05) is 0 Å². The van der Waals surface area contributed by atoms with Crippen LogP contribution in [-0.4, -0.2) is 11.6 Å². The molecule has 0 aliphatic heterocycles. The summed E-state index contributed by atoms with van der Waals surface area (Å²) in [7, 11) is 0. The fourth-order valence-electron chi connectivity index (χ4n) is 6.92. The molecule has 8 rings (SSSR count). The maximum atomic E-state index is 15.2. The highest BCUT2D eigenvalue weighted by Crippen LogP contribution is 2.55. The van der Waals surface area contributed by atoms with E-state index in [1.165, 1.54) is 0 Å². The van der Waals surface area contributed by atoms with Crippen LogP contribution in [0, 0.1) is 11.8 Å². The lowest BCUT2D eigenvalue weighted by Crippen LogP contribution is -2.31. The van der Waals surface area contributed by atoms with E-state index in [-0.39, 0.29) is 11.4 Å². The molecule has 50 heavy (non-hydrogen) atoms. The van der Waals surface area contributed by atoms with Crippen molar-refractivity contribution in [3.8, 4) is 34.1 Å². The molecule has 0 fully saturated rings. The fourth-order valence-corrected chi connectivity index (χ4v) is 7.61. The zero-order valence-corrected chi connectivity index (χ0v) is 29.1. The molecule has 0 spiro atoms. The zero-order chi connectivity index (χ0) is 34.6. The monoisotopic (exact) mass is 722 g/mol. The number of rotatable bonds is 4. The summed E-state index contributed by atoms with van der Waals surface area (Å²) in [6.45, 7) is 0. The smallest absolute Gasteiger partial charge is 0.235 e. The van der Waals surface area contributed by atoms with Gasteiger partial charge in [-0.2, -0.15) is 0 Å². The molecule has 0 saturated carbocycles. The Bertz CT molecular complexity index is 2450. The van der Waals surface area contributed by atoms with E-state index in [0.29, 0.717) is 47.9 Å². The molecule has 0 unspecified atom stereocenters. The average molecular weight is 724 g/mol. The Morgan fingerprint density at radius 2 is 0.920 bits per heavy atom. The van der Waals surface area contributed by atoms with Crippen molar-refractivity contribution in [3.05, 3.63) is 198 Å². The summed E-state index contributed by atoms with van der Waals surface area (Å²) in [4.78, 5) is 28.9. The molecule has 6 heteroatoms. The second-order valence-electron chi connectivity index (χ2n) is 12.0. The van der Waals surface area contributed by atoms with Crippen LogP contribution in [0.1, 0.15) is 43.0 Å². The summed E-state index contributed by atoms with van der Waals surface area (Å²) < 4.78 is 0. The quantitative estimate of drug-likeness (QED) is 0.0596. The average Bonchev–Trinajstić information content (AvgIpc) is 3.57. The third kappa shape index (κ3) is 5.33. The molecule has 0 aromatic heterocycles. The molecular formula is C44H22Cl4O2. The van der Waals surface area contributed by atoms with Gasteiger partial charge in [0.15, 0.2) is 5.78 Å². The van der Waals surface area contributed by atoms with Gasteiger partial charge in [0.25, 0.3) is 0 Å². The van der Waals surface area contributed by atoms with Gasteiger partial charge in [0.2, 0.25) is 5.78 Å². The van der Waals surface area contributed by atoms with Gasteiger partial charge >= 0.3 is 0 Å². The summed E-state index contributed by atoms with van der Waals surface area (Å²) in [5.74, 6) is 5.54. The highest BCUT2D eigenvalue weighted by atomic mass is 35.5. The molecule has 0 heterocycles. The van der Waals surface area contributed by atoms with Crippen LogP contribution in [0.5, 0.6) is 0 Å². The molecule has 0 radical (unpaired) electrons. The van der Waals surface area contributed by atoms with E-state index in [4.69, 9.17) is 46.4 Å². The minimum Gasteiger partial charge on any atom is -0.288 e. The van der Waals surface area contributed by atoms with Gasteiger partial charge in [-0.05, 0) is 99.0 Å². The predicted octanol–water partition coefficient (Wildman–Crippen LogP) is 12.0. The number of allylic oxidation sites excluding steroid dienone is 1. The summed E-state index contributed by atoms with van der Waals surface area (Å²) in [5.41, 5.74) is 10.0. The van der Waals surface area contributed by atoms with Crippen molar-refractivity contribution >= 4 is 63.5 Å². The van der Waals surface area contributed by atoms with Gasteiger partial charge in [0.1, 0.15) is 5.41 Å². The first-order chi connectivity index (χ1) is 24.2. The first kappa shape index (κ1) is 32.1. The van der Waals surface area contributed by atoms with Crippen LogP contribution in [0.15, 0.2) is 145 Å². The lowest BCUT2D eigenvalue weighted by molar-refractivity contribution is 0.102. The van der Waals surface area contributed by atoms with Crippen molar-refractivity contribution < 1.29 is 9.59 Å². The number of ketones is 2. The van der Waals surface area contributed by atoms with Gasteiger partial charge in [-0.15, -0.1) is 5.73 Å². The van der Waals surface area contributed by atoms with E-state index in [0.717, 1.165) is 33.4 Å². The second kappa shape index (κ2) is 12.7. The van der Waals surface area contributed by atoms with Gasteiger partial charge in [-0.1, -0.05) is 137 Å². The van der Waals surface area contributed by atoms with Crippen molar-refractivity contribution in [2.45, 2.75) is 5.41 Å². The van der Waals surface area contributed by atoms with Crippen LogP contribution in [0.4, 0.5) is 0 Å². The first-order valence-electron chi connectivity index (χ1n) is 15.7. The van der Waals surface area contributed by atoms with Crippen molar-refractivity contribution in [1.29, 1.82) is 0 Å². The Morgan fingerprint density at radius 3 is 1.42 bits per heavy atom. The normalized spacial score (nSPS) is 12.8. The molecular weight excluding hydrogens is 702 g/mol. The Kier molecular flexibility index (Phi) is 8.13. The Hall–Kier alpha value is -5.10. The largest absolute Gasteiger partial charge is 0.288 e. The standard InChI is InChI=1S/C44H22Cl4O2/c45-28-11-15-32-33-16-12-29(46)22-37(33)38(36(32)21-28)25-41(43(50)27-9-5-2-6-10-27)44(20-19-42(49)26-7-3-1-4-8-26)39-23-30(47)13-17-34(39)35-18-14-31(48)24-40(35)44/h1-18,21-24H. The van der Waals surface area contributed by atoms with Gasteiger partial charge in [0, 0.05) is 36.8 Å². The lowest BCUT2D eigenvalue weighted by Gasteiger charge is -2.28. The lowest BCUT2D eigenvalue weighted by atomic mass is 9.70. The number of benzene rings is 6. The maximum Gasteiger partial charge on any atom is 0.235 e. The number of fused-ring (bicyclic) bond motifs is 6.